The lowest BCUT2D eigenvalue weighted by atomic mass is 10.0. The van der Waals surface area contributed by atoms with Gasteiger partial charge in [0.25, 0.3) is 11.8 Å². The summed E-state index contributed by atoms with van der Waals surface area (Å²) >= 11 is 0. The van der Waals surface area contributed by atoms with Crippen LogP contribution in [0.2, 0.25) is 0 Å². The fourth-order valence-corrected chi connectivity index (χ4v) is 2.70. The van der Waals surface area contributed by atoms with Crippen molar-refractivity contribution in [1.29, 1.82) is 0 Å². The number of aliphatic hydroxyl groups excluding tert-OH is 1. The van der Waals surface area contributed by atoms with Crippen LogP contribution >= 0.6 is 0 Å². The van der Waals surface area contributed by atoms with Gasteiger partial charge in [0.1, 0.15) is 18.1 Å². The van der Waals surface area contributed by atoms with Crippen LogP contribution in [0.15, 0.2) is 12.1 Å². The second-order valence-electron chi connectivity index (χ2n) is 5.24. The summed E-state index contributed by atoms with van der Waals surface area (Å²) in [5.41, 5.74) is 0.347. The zero-order valence-electron chi connectivity index (χ0n) is 11.2. The van der Waals surface area contributed by atoms with Crippen LogP contribution in [-0.4, -0.2) is 40.0 Å². The van der Waals surface area contributed by atoms with Gasteiger partial charge in [-0.25, -0.2) is 4.39 Å². The molecule has 0 saturated carbocycles. The molecule has 6 nitrogen and oxygen atoms in total. The largest absolute Gasteiger partial charge is 0.374 e. The van der Waals surface area contributed by atoms with Crippen LogP contribution in [0.3, 0.4) is 0 Å². The zero-order chi connectivity index (χ0) is 15.3. The van der Waals surface area contributed by atoms with Gasteiger partial charge >= 0.3 is 0 Å². The second kappa shape index (κ2) is 4.63. The van der Waals surface area contributed by atoms with E-state index in [0.717, 1.165) is 11.0 Å². The molecule has 3 rings (SSSR count). The van der Waals surface area contributed by atoms with Crippen LogP contribution in [0, 0.1) is 12.7 Å². The molecule has 0 aromatic heterocycles. The minimum Gasteiger partial charge on any atom is -0.374 e. The average Bonchev–Trinajstić information content (AvgIpc) is 2.64. The van der Waals surface area contributed by atoms with Crippen LogP contribution in [0.25, 0.3) is 0 Å². The summed E-state index contributed by atoms with van der Waals surface area (Å²) < 4.78 is 13.6. The minimum absolute atomic E-state index is 0.0259. The van der Waals surface area contributed by atoms with Crippen molar-refractivity contribution in [2.75, 3.05) is 0 Å². The number of amides is 3. The molecule has 2 aliphatic heterocycles. The van der Waals surface area contributed by atoms with Gasteiger partial charge in [0.2, 0.25) is 5.91 Å². The van der Waals surface area contributed by atoms with E-state index in [-0.39, 0.29) is 29.5 Å². The highest BCUT2D eigenvalue weighted by molar-refractivity contribution is 6.23. The number of benzene rings is 1. The minimum atomic E-state index is -0.969. The van der Waals surface area contributed by atoms with Gasteiger partial charge in [0.05, 0.1) is 11.1 Å². The number of nitrogens with zero attached hydrogens (tertiary/aromatic N) is 1. The smallest absolute Gasteiger partial charge is 0.262 e. The first-order valence-electron chi connectivity index (χ1n) is 6.56. The maximum atomic E-state index is 13.6. The molecule has 1 aromatic rings. The third-order valence-electron chi connectivity index (χ3n) is 3.83. The molecule has 21 heavy (non-hydrogen) atoms. The number of hydrogen-bond donors (Lipinski definition) is 2. The Morgan fingerprint density at radius 1 is 1.19 bits per heavy atom. The van der Waals surface area contributed by atoms with Crippen molar-refractivity contribution < 1.29 is 23.9 Å². The van der Waals surface area contributed by atoms with Crippen LogP contribution in [0.5, 0.6) is 0 Å². The maximum Gasteiger partial charge on any atom is 0.262 e. The number of halogens is 1. The van der Waals surface area contributed by atoms with Gasteiger partial charge in [0, 0.05) is 0 Å². The van der Waals surface area contributed by atoms with Crippen LogP contribution in [-0.2, 0) is 4.79 Å². The number of nitrogens with one attached hydrogen (secondary N) is 1. The lowest BCUT2D eigenvalue weighted by Crippen LogP contribution is -2.55. The van der Waals surface area contributed by atoms with Crippen molar-refractivity contribution in [2.24, 2.45) is 0 Å². The maximum absolute atomic E-state index is 13.6. The van der Waals surface area contributed by atoms with Gasteiger partial charge in [0.15, 0.2) is 0 Å². The molecular weight excluding hydrogens is 279 g/mol. The molecule has 2 aliphatic rings. The topological polar surface area (TPSA) is 86.7 Å². The molecule has 0 radical (unpaired) electrons. The van der Waals surface area contributed by atoms with Gasteiger partial charge in [-0.3, -0.25) is 19.3 Å². The lowest BCUT2D eigenvalue weighted by Gasteiger charge is -2.31. The van der Waals surface area contributed by atoms with Crippen molar-refractivity contribution in [3.05, 3.63) is 34.6 Å². The average molecular weight is 292 g/mol. The summed E-state index contributed by atoms with van der Waals surface area (Å²) in [6.07, 6.45) is -0.541. The Kier molecular flexibility index (Phi) is 3.02. The predicted molar refractivity (Wildman–Crippen MR) is 68.8 cm³/mol. The van der Waals surface area contributed by atoms with Gasteiger partial charge in [-0.1, -0.05) is 0 Å². The Morgan fingerprint density at radius 2 is 1.81 bits per heavy atom. The first kappa shape index (κ1) is 13.7. The van der Waals surface area contributed by atoms with Crippen molar-refractivity contribution in [3.8, 4) is 0 Å². The Balaban J connectivity index is 1.98. The van der Waals surface area contributed by atoms with Gasteiger partial charge in [-0.05, 0) is 37.5 Å². The molecule has 3 amide bonds. The third-order valence-corrected chi connectivity index (χ3v) is 3.83. The van der Waals surface area contributed by atoms with E-state index in [1.165, 1.54) is 13.0 Å². The lowest BCUT2D eigenvalue weighted by molar-refractivity contribution is -0.131. The standard InChI is InChI=1S/C14H13FN2O4/c1-6-4-7-8(5-9(6)15)14(21)17(13(7)20)10-2-3-11(18)16-12(10)19/h4-5,10-11,18H,2-3H2,1H3,(H,16,19). The molecule has 0 spiro atoms. The third kappa shape index (κ3) is 2.01. The van der Waals surface area contributed by atoms with Crippen LogP contribution < -0.4 is 5.32 Å². The fraction of sp³-hybridized carbons (Fsp3) is 0.357. The molecule has 0 bridgehead atoms. The first-order valence-corrected chi connectivity index (χ1v) is 6.56. The molecule has 2 unspecified atom stereocenters. The predicted octanol–water partition coefficient (Wildman–Crippen LogP) is 0.327. The molecule has 7 heteroatoms. The number of hydrogen-bond acceptors (Lipinski definition) is 4. The Bertz CT molecular complexity index is 632. The molecule has 2 N–H and O–H groups in total. The van der Waals surface area contributed by atoms with Crippen LogP contribution in [0.4, 0.5) is 4.39 Å². The molecule has 110 valence electrons. The van der Waals surface area contributed by atoms with Gasteiger partial charge in [-0.2, -0.15) is 0 Å². The molecule has 1 fully saturated rings. The number of aliphatic hydroxyl groups is 1. The highest BCUT2D eigenvalue weighted by Crippen LogP contribution is 2.29. The normalized spacial score (nSPS) is 25.1. The van der Waals surface area contributed by atoms with E-state index < -0.39 is 35.8 Å². The highest BCUT2D eigenvalue weighted by atomic mass is 19.1. The zero-order valence-corrected chi connectivity index (χ0v) is 11.2. The summed E-state index contributed by atoms with van der Waals surface area (Å²) in [4.78, 5) is 37.4. The van der Waals surface area contributed by atoms with Gasteiger partial charge in [-0.15, -0.1) is 0 Å². The Labute approximate surface area is 119 Å². The van der Waals surface area contributed by atoms with Crippen molar-refractivity contribution in [2.45, 2.75) is 32.0 Å². The summed E-state index contributed by atoms with van der Waals surface area (Å²) in [7, 11) is 0. The number of carbonyl (C=O) groups is 3. The van der Waals surface area contributed by atoms with E-state index in [0.29, 0.717) is 0 Å². The fourth-order valence-electron chi connectivity index (χ4n) is 2.70. The van der Waals surface area contributed by atoms with E-state index in [1.807, 2.05) is 0 Å². The first-order chi connectivity index (χ1) is 9.90. The number of imide groups is 1. The molecule has 0 aliphatic carbocycles. The Morgan fingerprint density at radius 3 is 2.43 bits per heavy atom. The van der Waals surface area contributed by atoms with Crippen molar-refractivity contribution in [3.63, 3.8) is 0 Å². The molecule has 1 aromatic carbocycles. The van der Waals surface area contributed by atoms with Crippen LogP contribution in [0.1, 0.15) is 39.1 Å². The SMILES string of the molecule is Cc1cc2c(cc1F)C(=O)N(C1CCC(O)NC1=O)C2=O. The highest BCUT2D eigenvalue weighted by Gasteiger charge is 2.44. The van der Waals surface area contributed by atoms with Crippen molar-refractivity contribution in [1.82, 2.24) is 10.2 Å². The quantitative estimate of drug-likeness (QED) is 0.730. The van der Waals surface area contributed by atoms with E-state index in [4.69, 9.17) is 0 Å². The number of carbonyl (C=O) groups excluding carboxylic acids is 3. The molecule has 2 atom stereocenters. The summed E-state index contributed by atoms with van der Waals surface area (Å²) in [6, 6.07) is 1.38. The molecule has 2 heterocycles. The number of rotatable bonds is 1. The monoisotopic (exact) mass is 292 g/mol. The van der Waals surface area contributed by atoms with E-state index in [2.05, 4.69) is 5.32 Å². The van der Waals surface area contributed by atoms with E-state index >= 15 is 0 Å². The summed E-state index contributed by atoms with van der Waals surface area (Å²) in [5, 5.41) is 11.6. The van der Waals surface area contributed by atoms with E-state index in [1.54, 1.807) is 0 Å². The number of aryl methyl sites for hydroxylation is 1. The second-order valence-corrected chi connectivity index (χ2v) is 5.24. The summed E-state index contributed by atoms with van der Waals surface area (Å²) in [6.45, 7) is 1.50. The van der Waals surface area contributed by atoms with E-state index in [9.17, 15) is 23.9 Å². The van der Waals surface area contributed by atoms with Crippen molar-refractivity contribution >= 4 is 17.7 Å². The van der Waals surface area contributed by atoms with Gasteiger partial charge < -0.3 is 10.4 Å². The number of fused-ring (bicyclic) bond motifs is 1. The summed E-state index contributed by atoms with van der Waals surface area (Å²) in [5.74, 6) is -2.43. The Hall–Kier alpha value is -2.28. The molecule has 1 saturated heterocycles. The number of piperidine rings is 1. The molecular formula is C14H13FN2O4.